The predicted octanol–water partition coefficient (Wildman–Crippen LogP) is 5.30. The van der Waals surface area contributed by atoms with Crippen LogP contribution in [0.5, 0.6) is 11.5 Å². The molecule has 0 saturated heterocycles. The SMILES string of the molecule is O=C(NC(c1ccco1)C(C(=O)NC1CCCCC1)c1ccc2ncccc2c1)c1ccc2c(c1)OCCO2. The molecule has 0 bridgehead atoms. The topological polar surface area (TPSA) is 103 Å². The molecule has 8 nitrogen and oxygen atoms in total. The number of amides is 2. The lowest BCUT2D eigenvalue weighted by molar-refractivity contribution is -0.124. The Morgan fingerprint density at radius 1 is 0.897 bits per heavy atom. The number of hydrogen-bond acceptors (Lipinski definition) is 6. The van der Waals surface area contributed by atoms with Crippen molar-refractivity contribution in [1.82, 2.24) is 15.6 Å². The van der Waals surface area contributed by atoms with Gasteiger partial charge in [-0.15, -0.1) is 0 Å². The van der Waals surface area contributed by atoms with Crippen molar-refractivity contribution >= 4 is 22.7 Å². The number of benzene rings is 2. The first kappa shape index (κ1) is 25.0. The number of aromatic nitrogens is 1. The third-order valence-electron chi connectivity index (χ3n) is 7.49. The zero-order chi connectivity index (χ0) is 26.6. The van der Waals surface area contributed by atoms with Crippen LogP contribution in [-0.4, -0.2) is 36.1 Å². The molecule has 3 heterocycles. The summed E-state index contributed by atoms with van der Waals surface area (Å²) in [6.45, 7) is 0.894. The maximum atomic E-state index is 14.0. The van der Waals surface area contributed by atoms with Gasteiger partial charge in [-0.25, -0.2) is 0 Å². The van der Waals surface area contributed by atoms with Crippen LogP contribution < -0.4 is 20.1 Å². The van der Waals surface area contributed by atoms with E-state index in [-0.39, 0.29) is 17.9 Å². The van der Waals surface area contributed by atoms with Crippen LogP contribution >= 0.6 is 0 Å². The van der Waals surface area contributed by atoms with Crippen molar-refractivity contribution < 1.29 is 23.5 Å². The molecule has 2 aromatic carbocycles. The fraction of sp³-hybridized carbons (Fsp3) is 0.323. The highest BCUT2D eigenvalue weighted by Crippen LogP contribution is 2.35. The number of carbonyl (C=O) groups is 2. The van der Waals surface area contributed by atoms with E-state index in [0.29, 0.717) is 36.0 Å². The summed E-state index contributed by atoms with van der Waals surface area (Å²) >= 11 is 0. The molecule has 2 unspecified atom stereocenters. The first-order valence-corrected chi connectivity index (χ1v) is 13.5. The van der Waals surface area contributed by atoms with Gasteiger partial charge in [-0.1, -0.05) is 31.4 Å². The molecule has 2 atom stereocenters. The zero-order valence-corrected chi connectivity index (χ0v) is 21.6. The lowest BCUT2D eigenvalue weighted by atomic mass is 9.86. The summed E-state index contributed by atoms with van der Waals surface area (Å²) in [6.07, 6.45) is 8.59. The minimum Gasteiger partial charge on any atom is -0.486 e. The number of nitrogens with one attached hydrogen (secondary N) is 2. The molecule has 8 heteroatoms. The molecule has 4 aromatic rings. The van der Waals surface area contributed by atoms with Gasteiger partial charge in [-0.3, -0.25) is 14.6 Å². The monoisotopic (exact) mass is 525 g/mol. The number of rotatable bonds is 7. The fourth-order valence-corrected chi connectivity index (χ4v) is 5.52. The number of nitrogens with zero attached hydrogens (tertiary/aromatic N) is 1. The normalized spacial score (nSPS) is 16.8. The first-order valence-electron chi connectivity index (χ1n) is 13.5. The second-order valence-electron chi connectivity index (χ2n) is 10.1. The second-order valence-corrected chi connectivity index (χ2v) is 10.1. The smallest absolute Gasteiger partial charge is 0.252 e. The van der Waals surface area contributed by atoms with Crippen LogP contribution in [0, 0.1) is 0 Å². The van der Waals surface area contributed by atoms with Crippen molar-refractivity contribution in [3.8, 4) is 11.5 Å². The summed E-state index contributed by atoms with van der Waals surface area (Å²) in [4.78, 5) is 32.1. The Balaban J connectivity index is 1.37. The minimum atomic E-state index is -0.751. The molecule has 1 saturated carbocycles. The highest BCUT2D eigenvalue weighted by molar-refractivity contribution is 5.96. The van der Waals surface area contributed by atoms with Gasteiger partial charge < -0.3 is 24.5 Å². The summed E-state index contributed by atoms with van der Waals surface area (Å²) in [5.41, 5.74) is 2.01. The highest BCUT2D eigenvalue weighted by atomic mass is 16.6. The van der Waals surface area contributed by atoms with Gasteiger partial charge in [0.05, 0.1) is 17.7 Å². The molecule has 2 amide bonds. The van der Waals surface area contributed by atoms with Gasteiger partial charge in [-0.2, -0.15) is 0 Å². The van der Waals surface area contributed by atoms with Gasteiger partial charge in [0, 0.05) is 23.2 Å². The highest BCUT2D eigenvalue weighted by Gasteiger charge is 2.36. The third-order valence-corrected chi connectivity index (χ3v) is 7.49. The zero-order valence-electron chi connectivity index (χ0n) is 21.6. The van der Waals surface area contributed by atoms with Crippen molar-refractivity contribution in [3.63, 3.8) is 0 Å². The summed E-state index contributed by atoms with van der Waals surface area (Å²) in [6, 6.07) is 17.6. The van der Waals surface area contributed by atoms with Gasteiger partial charge >= 0.3 is 0 Å². The Bertz CT molecular complexity index is 1460. The molecule has 1 aliphatic carbocycles. The molecule has 39 heavy (non-hydrogen) atoms. The van der Waals surface area contributed by atoms with E-state index in [9.17, 15) is 9.59 Å². The van der Waals surface area contributed by atoms with E-state index in [1.54, 1.807) is 42.8 Å². The Kier molecular flexibility index (Phi) is 7.17. The second kappa shape index (κ2) is 11.2. The van der Waals surface area contributed by atoms with E-state index in [0.717, 1.165) is 42.1 Å². The van der Waals surface area contributed by atoms with Gasteiger partial charge in [0.15, 0.2) is 11.5 Å². The van der Waals surface area contributed by atoms with Crippen LogP contribution in [0.3, 0.4) is 0 Å². The Hall–Kier alpha value is -4.33. The average Bonchev–Trinajstić information content (AvgIpc) is 3.52. The number of carbonyl (C=O) groups excluding carboxylic acids is 2. The van der Waals surface area contributed by atoms with Crippen molar-refractivity contribution in [2.75, 3.05) is 13.2 Å². The van der Waals surface area contributed by atoms with E-state index >= 15 is 0 Å². The van der Waals surface area contributed by atoms with Gasteiger partial charge in [0.2, 0.25) is 5.91 Å². The van der Waals surface area contributed by atoms with Gasteiger partial charge in [-0.05, 0) is 66.9 Å². The number of pyridine rings is 1. The van der Waals surface area contributed by atoms with Crippen LogP contribution in [0.1, 0.15) is 65.7 Å². The quantitative estimate of drug-likeness (QED) is 0.339. The molecule has 6 rings (SSSR count). The molecule has 2 aromatic heterocycles. The maximum Gasteiger partial charge on any atom is 0.252 e. The van der Waals surface area contributed by atoms with Gasteiger partial charge in [0.1, 0.15) is 25.0 Å². The van der Waals surface area contributed by atoms with Crippen LogP contribution in [0.4, 0.5) is 0 Å². The molecular weight excluding hydrogens is 494 g/mol. The molecule has 1 aliphatic heterocycles. The van der Waals surface area contributed by atoms with E-state index in [1.807, 2.05) is 30.3 Å². The van der Waals surface area contributed by atoms with E-state index in [1.165, 1.54) is 6.42 Å². The van der Waals surface area contributed by atoms with Crippen molar-refractivity contribution in [3.05, 3.63) is 90.0 Å². The number of hydrogen-bond donors (Lipinski definition) is 2. The predicted molar refractivity (Wildman–Crippen MR) is 146 cm³/mol. The van der Waals surface area contributed by atoms with Crippen LogP contribution in [0.2, 0.25) is 0 Å². The molecular formula is C31H31N3O5. The molecule has 2 aliphatic rings. The number of furan rings is 1. The minimum absolute atomic E-state index is 0.113. The lowest BCUT2D eigenvalue weighted by Gasteiger charge is -2.30. The summed E-state index contributed by atoms with van der Waals surface area (Å²) in [5, 5.41) is 7.30. The summed E-state index contributed by atoms with van der Waals surface area (Å²) < 4.78 is 17.1. The number of ether oxygens (including phenoxy) is 2. The van der Waals surface area contributed by atoms with Crippen molar-refractivity contribution in [2.45, 2.75) is 50.1 Å². The molecule has 0 spiro atoms. The van der Waals surface area contributed by atoms with Crippen molar-refractivity contribution in [1.29, 1.82) is 0 Å². The van der Waals surface area contributed by atoms with E-state index in [2.05, 4.69) is 15.6 Å². The Morgan fingerprint density at radius 2 is 1.74 bits per heavy atom. The van der Waals surface area contributed by atoms with E-state index in [4.69, 9.17) is 13.9 Å². The first-order chi connectivity index (χ1) is 19.2. The molecule has 200 valence electrons. The van der Waals surface area contributed by atoms with Crippen LogP contribution in [-0.2, 0) is 4.79 Å². The van der Waals surface area contributed by atoms with Crippen LogP contribution in [0.15, 0.2) is 77.5 Å². The Labute approximate surface area is 226 Å². The van der Waals surface area contributed by atoms with Crippen LogP contribution in [0.25, 0.3) is 10.9 Å². The molecule has 1 fully saturated rings. The number of fused-ring (bicyclic) bond motifs is 2. The summed E-state index contributed by atoms with van der Waals surface area (Å²) in [5.74, 6) is 0.409. The largest absolute Gasteiger partial charge is 0.486 e. The fourth-order valence-electron chi connectivity index (χ4n) is 5.52. The van der Waals surface area contributed by atoms with E-state index < -0.39 is 12.0 Å². The van der Waals surface area contributed by atoms with Gasteiger partial charge in [0.25, 0.3) is 5.91 Å². The maximum absolute atomic E-state index is 14.0. The third kappa shape index (κ3) is 5.46. The molecule has 2 N–H and O–H groups in total. The standard InChI is InChI=1S/C31H31N3O5/c35-30(22-11-13-25-27(19-22)39-17-16-38-25)34-29(26-9-5-15-37-26)28(31(36)33-23-7-2-1-3-8-23)21-10-12-24-20(18-21)6-4-14-32-24/h4-6,9-15,18-19,23,28-29H,1-3,7-8,16-17H2,(H,33,36)(H,34,35). The average molecular weight is 526 g/mol. The Morgan fingerprint density at radius 3 is 2.56 bits per heavy atom. The summed E-state index contributed by atoms with van der Waals surface area (Å²) in [7, 11) is 0. The lowest BCUT2D eigenvalue weighted by Crippen LogP contribution is -2.44. The molecule has 0 radical (unpaired) electrons. The van der Waals surface area contributed by atoms with Crippen molar-refractivity contribution in [2.24, 2.45) is 0 Å².